The number of aromatic nitrogens is 2. The molecule has 8 heteroatoms. The van der Waals surface area contributed by atoms with Gasteiger partial charge in [0.25, 0.3) is 11.7 Å². The van der Waals surface area contributed by atoms with Crippen molar-refractivity contribution >= 4 is 17.4 Å². The normalized spacial score (nSPS) is 20.1. The Balaban J connectivity index is 1.51. The van der Waals surface area contributed by atoms with Crippen LogP contribution in [-0.2, 0) is 22.6 Å². The summed E-state index contributed by atoms with van der Waals surface area (Å²) in [6, 6.07) is 11.9. The summed E-state index contributed by atoms with van der Waals surface area (Å²) in [5.74, 6) is -0.0802. The molecule has 2 aliphatic rings. The Kier molecular flexibility index (Phi) is 6.81. The zero-order valence-electron chi connectivity index (χ0n) is 20.7. The van der Waals surface area contributed by atoms with Gasteiger partial charge in [-0.25, -0.2) is 4.98 Å². The van der Waals surface area contributed by atoms with E-state index >= 15 is 0 Å². The summed E-state index contributed by atoms with van der Waals surface area (Å²) >= 11 is 0. The molecule has 0 aliphatic carbocycles. The Bertz CT molecular complexity index is 1340. The number of benzene rings is 2. The number of aliphatic hydroxyl groups excluding tert-OH is 1. The van der Waals surface area contributed by atoms with Crippen molar-refractivity contribution in [2.75, 3.05) is 13.2 Å². The molecule has 37 heavy (non-hydrogen) atoms. The van der Waals surface area contributed by atoms with Gasteiger partial charge in [-0.3, -0.25) is 9.59 Å². The second-order valence-electron chi connectivity index (χ2n) is 9.27. The van der Waals surface area contributed by atoms with Crippen LogP contribution in [0.15, 0.2) is 79.4 Å². The molecule has 5 rings (SSSR count). The van der Waals surface area contributed by atoms with E-state index in [1.165, 1.54) is 0 Å². The highest BCUT2D eigenvalue weighted by Gasteiger charge is 2.45. The van der Waals surface area contributed by atoms with Gasteiger partial charge in [0.05, 0.1) is 17.9 Å². The number of imidazole rings is 1. The maximum absolute atomic E-state index is 13.3. The highest BCUT2D eigenvalue weighted by atomic mass is 16.5. The van der Waals surface area contributed by atoms with Gasteiger partial charge in [0.15, 0.2) is 0 Å². The van der Waals surface area contributed by atoms with Crippen LogP contribution >= 0.6 is 0 Å². The van der Waals surface area contributed by atoms with Gasteiger partial charge in [-0.2, -0.15) is 0 Å². The SMILES string of the molecule is C=CCOc1ccc([C@@H]2/C(=C(\O)c3ccc4c(c3)C[C@H](C)O4)C(=O)C(=O)N2CCCn2ccnc2)cc1. The first kappa shape index (κ1) is 24.4. The molecule has 1 aromatic heterocycles. The van der Waals surface area contributed by atoms with Gasteiger partial charge >= 0.3 is 0 Å². The van der Waals surface area contributed by atoms with E-state index < -0.39 is 17.7 Å². The zero-order valence-corrected chi connectivity index (χ0v) is 20.7. The molecular formula is C29H29N3O5. The molecule has 0 bridgehead atoms. The van der Waals surface area contributed by atoms with E-state index in [9.17, 15) is 14.7 Å². The number of carbonyl (C=O) groups is 2. The number of aryl methyl sites for hydroxylation is 1. The fraction of sp³-hybridized carbons (Fsp3) is 0.276. The fourth-order valence-electron chi connectivity index (χ4n) is 4.93. The van der Waals surface area contributed by atoms with Crippen LogP contribution in [0.25, 0.3) is 5.76 Å². The molecule has 1 N–H and O–H groups in total. The van der Waals surface area contributed by atoms with Crippen LogP contribution in [0.5, 0.6) is 11.5 Å². The van der Waals surface area contributed by atoms with Crippen LogP contribution in [0.1, 0.15) is 36.1 Å². The summed E-state index contributed by atoms with van der Waals surface area (Å²) in [7, 11) is 0. The number of aliphatic hydroxyl groups is 1. The topological polar surface area (TPSA) is 93.9 Å². The molecule has 0 spiro atoms. The molecule has 2 aromatic carbocycles. The molecule has 1 fully saturated rings. The van der Waals surface area contributed by atoms with Crippen molar-refractivity contribution in [1.29, 1.82) is 0 Å². The van der Waals surface area contributed by atoms with Crippen LogP contribution in [-0.4, -0.2) is 50.5 Å². The molecule has 3 aromatic rings. The van der Waals surface area contributed by atoms with Crippen molar-refractivity contribution in [3.63, 3.8) is 0 Å². The van der Waals surface area contributed by atoms with E-state index in [1.807, 2.05) is 35.9 Å². The van der Waals surface area contributed by atoms with Crippen molar-refractivity contribution in [1.82, 2.24) is 14.5 Å². The van der Waals surface area contributed by atoms with Crippen LogP contribution < -0.4 is 9.47 Å². The number of carbonyl (C=O) groups excluding carboxylic acids is 2. The van der Waals surface area contributed by atoms with Crippen LogP contribution in [0.2, 0.25) is 0 Å². The lowest BCUT2D eigenvalue weighted by molar-refractivity contribution is -0.139. The number of hydrogen-bond acceptors (Lipinski definition) is 6. The maximum Gasteiger partial charge on any atom is 0.295 e. The number of ketones is 1. The van der Waals surface area contributed by atoms with E-state index in [4.69, 9.17) is 9.47 Å². The number of hydrogen-bond donors (Lipinski definition) is 1. The van der Waals surface area contributed by atoms with Gasteiger partial charge in [-0.1, -0.05) is 24.8 Å². The zero-order chi connectivity index (χ0) is 25.9. The summed E-state index contributed by atoms with van der Waals surface area (Å²) in [4.78, 5) is 32.1. The number of rotatable bonds is 9. The lowest BCUT2D eigenvalue weighted by Crippen LogP contribution is -2.31. The molecule has 1 saturated heterocycles. The Labute approximate surface area is 215 Å². The number of amides is 1. The molecule has 0 radical (unpaired) electrons. The Morgan fingerprint density at radius 2 is 2.03 bits per heavy atom. The van der Waals surface area contributed by atoms with Crippen LogP contribution in [0.4, 0.5) is 0 Å². The molecule has 3 heterocycles. The highest BCUT2D eigenvalue weighted by Crippen LogP contribution is 2.41. The minimum absolute atomic E-state index is 0.0512. The second kappa shape index (κ2) is 10.3. The molecule has 190 valence electrons. The monoisotopic (exact) mass is 499 g/mol. The Morgan fingerprint density at radius 1 is 1.22 bits per heavy atom. The maximum atomic E-state index is 13.3. The molecule has 0 unspecified atom stereocenters. The molecule has 2 atom stereocenters. The third-order valence-corrected chi connectivity index (χ3v) is 6.65. The van der Waals surface area contributed by atoms with Crippen LogP contribution in [0, 0.1) is 0 Å². The third-order valence-electron chi connectivity index (χ3n) is 6.65. The van der Waals surface area contributed by atoms with Crippen molar-refractivity contribution < 1.29 is 24.2 Å². The van der Waals surface area contributed by atoms with Gasteiger partial charge in [-0.15, -0.1) is 0 Å². The average Bonchev–Trinajstić information content (AvgIpc) is 3.61. The van der Waals surface area contributed by atoms with Gasteiger partial charge in [0, 0.05) is 37.5 Å². The first-order valence-electron chi connectivity index (χ1n) is 12.3. The van der Waals surface area contributed by atoms with Crippen molar-refractivity contribution in [3.8, 4) is 11.5 Å². The van der Waals surface area contributed by atoms with E-state index in [1.54, 1.807) is 47.8 Å². The van der Waals surface area contributed by atoms with Crippen molar-refractivity contribution in [3.05, 3.63) is 96.1 Å². The highest BCUT2D eigenvalue weighted by molar-refractivity contribution is 6.46. The predicted octanol–water partition coefficient (Wildman–Crippen LogP) is 4.28. The number of fused-ring (bicyclic) bond motifs is 1. The molecule has 0 saturated carbocycles. The summed E-state index contributed by atoms with van der Waals surface area (Å²) in [6.45, 7) is 7.00. The summed E-state index contributed by atoms with van der Waals surface area (Å²) in [6.07, 6.45) is 8.31. The van der Waals surface area contributed by atoms with E-state index in [0.717, 1.165) is 11.3 Å². The van der Waals surface area contributed by atoms with Crippen molar-refractivity contribution in [2.24, 2.45) is 0 Å². The Hall–Kier alpha value is -4.33. The lowest BCUT2D eigenvalue weighted by atomic mass is 9.94. The molecule has 1 amide bonds. The van der Waals surface area contributed by atoms with Crippen LogP contribution in [0.3, 0.4) is 0 Å². The van der Waals surface area contributed by atoms with Crippen molar-refractivity contribution in [2.45, 2.75) is 38.5 Å². The second-order valence-corrected chi connectivity index (χ2v) is 9.27. The van der Waals surface area contributed by atoms with E-state index in [0.29, 0.717) is 49.4 Å². The van der Waals surface area contributed by atoms with Gasteiger partial charge < -0.3 is 24.0 Å². The van der Waals surface area contributed by atoms with E-state index in [2.05, 4.69) is 11.6 Å². The summed E-state index contributed by atoms with van der Waals surface area (Å²) < 4.78 is 13.3. The number of Topliss-reactive ketones (excluding diaryl/α,β-unsaturated/α-hetero) is 1. The quantitative estimate of drug-likeness (QED) is 0.204. The van der Waals surface area contributed by atoms with Gasteiger partial charge in [-0.05, 0) is 54.8 Å². The summed E-state index contributed by atoms with van der Waals surface area (Å²) in [5.41, 5.74) is 2.25. The Morgan fingerprint density at radius 3 is 2.76 bits per heavy atom. The third kappa shape index (κ3) is 4.87. The molecular weight excluding hydrogens is 470 g/mol. The minimum Gasteiger partial charge on any atom is -0.507 e. The molecule has 8 nitrogen and oxygen atoms in total. The standard InChI is InChI=1S/C29H29N3O5/c1-3-15-36-23-8-5-20(6-9-23)26-25(27(33)21-7-10-24-22(17-21)16-19(2)37-24)28(34)29(35)32(26)13-4-12-31-14-11-30-18-31/h3,5-11,14,17-19,26,33H,1,4,12-13,15-16H2,2H3/b27-25+/t19-,26+/m0/s1. The molecule has 2 aliphatic heterocycles. The first-order valence-corrected chi connectivity index (χ1v) is 12.3. The lowest BCUT2D eigenvalue weighted by Gasteiger charge is -2.25. The van der Waals surface area contributed by atoms with E-state index in [-0.39, 0.29) is 17.4 Å². The minimum atomic E-state index is -0.723. The number of ether oxygens (including phenoxy) is 2. The largest absolute Gasteiger partial charge is 0.507 e. The number of likely N-dealkylation sites (tertiary alicyclic amines) is 1. The van der Waals surface area contributed by atoms with Gasteiger partial charge in [0.2, 0.25) is 0 Å². The summed E-state index contributed by atoms with van der Waals surface area (Å²) in [5, 5.41) is 11.4. The van der Waals surface area contributed by atoms with Gasteiger partial charge in [0.1, 0.15) is 30.0 Å². The fourth-order valence-corrected chi connectivity index (χ4v) is 4.93. The average molecular weight is 500 g/mol. The first-order chi connectivity index (χ1) is 18.0. The number of nitrogens with zero attached hydrogens (tertiary/aromatic N) is 3. The predicted molar refractivity (Wildman–Crippen MR) is 138 cm³/mol. The smallest absolute Gasteiger partial charge is 0.295 e.